The van der Waals surface area contributed by atoms with Crippen LogP contribution in [0, 0.1) is 0 Å². The molecule has 0 spiro atoms. The lowest BCUT2D eigenvalue weighted by Crippen LogP contribution is -2.50. The third kappa shape index (κ3) is 5.51. The predicted molar refractivity (Wildman–Crippen MR) is 126 cm³/mol. The number of carbonyl (C=O) groups is 1. The van der Waals surface area contributed by atoms with Crippen LogP contribution in [0.4, 0.5) is 4.79 Å². The Bertz CT molecular complexity index is 903. The van der Waals surface area contributed by atoms with E-state index in [4.69, 9.17) is 21.1 Å². The molecule has 0 bridgehead atoms. The third-order valence-corrected chi connectivity index (χ3v) is 7.15. The number of hydrogen-bond acceptors (Lipinski definition) is 8. The summed E-state index contributed by atoms with van der Waals surface area (Å²) in [6, 6.07) is 2.25. The molecule has 176 valence electrons. The Kier molecular flexibility index (Phi) is 7.21. The Morgan fingerprint density at radius 3 is 2.97 bits per heavy atom. The normalized spacial score (nSPS) is 23.8. The quantitative estimate of drug-likeness (QED) is 0.599. The number of nitrogens with zero attached hydrogens (tertiary/aromatic N) is 5. The van der Waals surface area contributed by atoms with Gasteiger partial charge in [-0.25, -0.2) is 14.8 Å². The second-order valence-corrected chi connectivity index (χ2v) is 11.1. The summed E-state index contributed by atoms with van der Waals surface area (Å²) in [6.07, 6.45) is 5.18. The zero-order valence-corrected chi connectivity index (χ0v) is 20.7. The van der Waals surface area contributed by atoms with Gasteiger partial charge >= 0.3 is 6.09 Å². The van der Waals surface area contributed by atoms with Crippen LogP contribution in [-0.4, -0.2) is 87.8 Å². The van der Waals surface area contributed by atoms with Gasteiger partial charge in [-0.15, -0.1) is 11.3 Å². The van der Waals surface area contributed by atoms with Gasteiger partial charge in [0.05, 0.1) is 23.0 Å². The summed E-state index contributed by atoms with van der Waals surface area (Å²) in [5.74, 6) is 0. The third-order valence-electron chi connectivity index (χ3n) is 5.79. The molecule has 2 aromatic rings. The van der Waals surface area contributed by atoms with Gasteiger partial charge < -0.3 is 14.4 Å². The molecule has 2 aliphatic rings. The SMILES string of the molecule is CN(CC1CCCN1C(=O)OC(C)(C)C)C(c1cc2ncncc2s1)N1CCOC(Cl)C1. The van der Waals surface area contributed by atoms with E-state index in [2.05, 4.69) is 32.9 Å². The van der Waals surface area contributed by atoms with Gasteiger partial charge in [0.15, 0.2) is 0 Å². The van der Waals surface area contributed by atoms with E-state index in [1.807, 2.05) is 31.9 Å². The number of morpholine rings is 1. The van der Waals surface area contributed by atoms with Crippen LogP contribution < -0.4 is 0 Å². The van der Waals surface area contributed by atoms with Crippen LogP contribution >= 0.6 is 22.9 Å². The van der Waals surface area contributed by atoms with Crippen LogP contribution in [0.1, 0.15) is 44.7 Å². The molecule has 3 atom stereocenters. The number of ether oxygens (including phenoxy) is 2. The Hall–Kier alpha value is -1.52. The molecule has 2 aliphatic heterocycles. The summed E-state index contributed by atoms with van der Waals surface area (Å²) in [5.41, 5.74) is 0.115. The van der Waals surface area contributed by atoms with Gasteiger partial charge in [0.2, 0.25) is 0 Å². The molecular formula is C22H32ClN5O3S. The minimum absolute atomic E-state index is 0.0143. The van der Waals surface area contributed by atoms with Crippen LogP contribution in [0.3, 0.4) is 0 Å². The van der Waals surface area contributed by atoms with Gasteiger partial charge in [-0.1, -0.05) is 11.6 Å². The van der Waals surface area contributed by atoms with E-state index in [1.54, 1.807) is 17.7 Å². The van der Waals surface area contributed by atoms with Crippen LogP contribution in [-0.2, 0) is 9.47 Å². The number of fused-ring (bicyclic) bond motifs is 1. The Morgan fingerprint density at radius 1 is 1.44 bits per heavy atom. The molecule has 0 aromatic carbocycles. The van der Waals surface area contributed by atoms with E-state index in [0.29, 0.717) is 13.2 Å². The van der Waals surface area contributed by atoms with Crippen LogP contribution in [0.5, 0.6) is 0 Å². The smallest absolute Gasteiger partial charge is 0.410 e. The van der Waals surface area contributed by atoms with E-state index in [-0.39, 0.29) is 23.9 Å². The molecule has 2 fully saturated rings. The van der Waals surface area contributed by atoms with E-state index >= 15 is 0 Å². The zero-order chi connectivity index (χ0) is 22.9. The van der Waals surface area contributed by atoms with Crippen molar-refractivity contribution in [3.05, 3.63) is 23.5 Å². The lowest BCUT2D eigenvalue weighted by Gasteiger charge is -2.42. The van der Waals surface area contributed by atoms with Crippen molar-refractivity contribution < 1.29 is 14.3 Å². The largest absolute Gasteiger partial charge is 0.444 e. The van der Waals surface area contributed by atoms with Crippen molar-refractivity contribution in [3.8, 4) is 0 Å². The highest BCUT2D eigenvalue weighted by Gasteiger charge is 2.36. The van der Waals surface area contributed by atoms with Crippen molar-refractivity contribution in [2.24, 2.45) is 0 Å². The first-order valence-corrected chi connectivity index (χ1v) is 12.4. The number of halogens is 1. The molecule has 1 amide bonds. The maximum absolute atomic E-state index is 12.8. The predicted octanol–water partition coefficient (Wildman–Crippen LogP) is 3.92. The van der Waals surface area contributed by atoms with E-state index in [1.165, 1.54) is 4.88 Å². The summed E-state index contributed by atoms with van der Waals surface area (Å²) < 4.78 is 12.3. The van der Waals surface area contributed by atoms with E-state index in [0.717, 1.165) is 42.7 Å². The second kappa shape index (κ2) is 9.77. The number of amides is 1. The second-order valence-electron chi connectivity index (χ2n) is 9.48. The minimum atomic E-state index is -0.500. The molecule has 8 nitrogen and oxygen atoms in total. The number of thiophene rings is 1. The first kappa shape index (κ1) is 23.6. The molecule has 2 aromatic heterocycles. The molecule has 0 radical (unpaired) electrons. The molecule has 10 heteroatoms. The lowest BCUT2D eigenvalue weighted by molar-refractivity contribution is -0.0461. The highest BCUT2D eigenvalue weighted by atomic mass is 35.5. The number of aromatic nitrogens is 2. The highest BCUT2D eigenvalue weighted by molar-refractivity contribution is 7.19. The van der Waals surface area contributed by atoms with Gasteiger partial charge in [-0.2, -0.15) is 0 Å². The average molecular weight is 482 g/mol. The molecule has 0 aliphatic carbocycles. The van der Waals surface area contributed by atoms with Gasteiger partial charge in [0.1, 0.15) is 17.5 Å². The van der Waals surface area contributed by atoms with Crippen molar-refractivity contribution in [1.29, 1.82) is 0 Å². The fraction of sp³-hybridized carbons (Fsp3) is 0.682. The number of alkyl halides is 1. The van der Waals surface area contributed by atoms with Crippen molar-refractivity contribution in [2.45, 2.75) is 57.0 Å². The molecule has 32 heavy (non-hydrogen) atoms. The summed E-state index contributed by atoms with van der Waals surface area (Å²) in [4.78, 5) is 29.1. The number of hydrogen-bond donors (Lipinski definition) is 0. The highest BCUT2D eigenvalue weighted by Crippen LogP contribution is 2.35. The molecule has 0 N–H and O–H groups in total. The fourth-order valence-electron chi connectivity index (χ4n) is 4.47. The zero-order valence-electron chi connectivity index (χ0n) is 19.2. The molecule has 3 unspecified atom stereocenters. The number of carbonyl (C=O) groups excluding carboxylic acids is 1. The standard InChI is InChI=1S/C22H32ClN5O3S/c1-22(2,3)31-21(29)28-7-5-6-15(28)12-26(4)20(27-8-9-30-19(23)13-27)17-10-16-18(32-17)11-24-14-25-16/h10-11,14-15,19-20H,5-9,12-13H2,1-4H3. The number of likely N-dealkylation sites (N-methyl/N-ethyl adjacent to an activating group) is 1. The lowest BCUT2D eigenvalue weighted by atomic mass is 10.2. The van der Waals surface area contributed by atoms with Crippen molar-refractivity contribution >= 4 is 39.2 Å². The van der Waals surface area contributed by atoms with Crippen LogP contribution in [0.25, 0.3) is 10.2 Å². The molecule has 2 saturated heterocycles. The summed E-state index contributed by atoms with van der Waals surface area (Å²) >= 11 is 8.06. The number of rotatable bonds is 5. The van der Waals surface area contributed by atoms with Crippen molar-refractivity contribution in [1.82, 2.24) is 24.7 Å². The van der Waals surface area contributed by atoms with Gasteiger partial charge in [0.25, 0.3) is 0 Å². The van der Waals surface area contributed by atoms with Gasteiger partial charge in [0, 0.05) is 43.3 Å². The van der Waals surface area contributed by atoms with E-state index < -0.39 is 5.60 Å². The summed E-state index contributed by atoms with van der Waals surface area (Å²) in [5, 5.41) is 0. The fourth-order valence-corrected chi connectivity index (χ4v) is 5.93. The molecule has 0 saturated carbocycles. The first-order chi connectivity index (χ1) is 15.2. The number of likely N-dealkylation sites (tertiary alicyclic amines) is 1. The Morgan fingerprint density at radius 2 is 2.25 bits per heavy atom. The summed E-state index contributed by atoms with van der Waals surface area (Å²) in [6.45, 7) is 9.22. The van der Waals surface area contributed by atoms with Crippen molar-refractivity contribution in [3.63, 3.8) is 0 Å². The Balaban J connectivity index is 1.56. The van der Waals surface area contributed by atoms with Crippen LogP contribution in [0.2, 0.25) is 0 Å². The molecule has 4 rings (SSSR count). The summed E-state index contributed by atoms with van der Waals surface area (Å²) in [7, 11) is 2.12. The van der Waals surface area contributed by atoms with E-state index in [9.17, 15) is 4.79 Å². The monoisotopic (exact) mass is 481 g/mol. The van der Waals surface area contributed by atoms with Gasteiger partial charge in [-0.05, 0) is 46.7 Å². The van der Waals surface area contributed by atoms with Crippen LogP contribution in [0.15, 0.2) is 18.6 Å². The Labute approximate surface area is 198 Å². The first-order valence-electron chi connectivity index (χ1n) is 11.1. The molecular weight excluding hydrogens is 450 g/mol. The van der Waals surface area contributed by atoms with Crippen molar-refractivity contribution in [2.75, 3.05) is 39.8 Å². The minimum Gasteiger partial charge on any atom is -0.444 e. The topological polar surface area (TPSA) is 71.0 Å². The maximum atomic E-state index is 12.8. The van der Waals surface area contributed by atoms with Gasteiger partial charge in [-0.3, -0.25) is 9.80 Å². The molecule has 4 heterocycles. The maximum Gasteiger partial charge on any atom is 0.410 e. The average Bonchev–Trinajstić information content (AvgIpc) is 3.33.